The lowest BCUT2D eigenvalue weighted by Crippen LogP contribution is -2.35. The fourth-order valence-corrected chi connectivity index (χ4v) is 22.5. The molecule has 224 valence electrons. The van der Waals surface area contributed by atoms with E-state index in [2.05, 4.69) is 96.2 Å². The normalized spacial score (nSPS) is 15.9. The number of hydrogen-bond donors (Lipinski definition) is 0. The first-order valence-electron chi connectivity index (χ1n) is 15.7. The van der Waals surface area contributed by atoms with Gasteiger partial charge in [0, 0.05) is 14.8 Å². The van der Waals surface area contributed by atoms with E-state index >= 15 is 0 Å². The number of unbranched alkanes of at least 4 members (excludes halogenated alkanes) is 1. The average Bonchev–Trinajstić information content (AvgIpc) is 2.85. The summed E-state index contributed by atoms with van der Waals surface area (Å²) in [5, 5.41) is 1.20. The van der Waals surface area contributed by atoms with Gasteiger partial charge in [-0.1, -0.05) is 128 Å². The molecular weight excluding hydrogens is 637 g/mol. The summed E-state index contributed by atoms with van der Waals surface area (Å²) < 4.78 is 0. The summed E-state index contributed by atoms with van der Waals surface area (Å²) in [6, 6.07) is 16.2. The van der Waals surface area contributed by atoms with Gasteiger partial charge in [0.25, 0.3) is 0 Å². The van der Waals surface area contributed by atoms with E-state index in [-0.39, 0.29) is 9.52 Å². The molecular formula is C29H67BrS3Si4. The SMILES string of the molecule is C[SiH2]CCC[Si](C)(CCCSC)CCC[Si](C)(CCCCBr)CCC[Si](C)(CCCSC)CCCSC. The molecule has 0 aliphatic rings. The molecule has 0 bridgehead atoms. The van der Waals surface area contributed by atoms with Gasteiger partial charge in [-0.05, 0) is 61.7 Å². The molecule has 0 amide bonds. The fourth-order valence-electron chi connectivity index (χ4n) is 6.39. The number of rotatable bonds is 28. The standard InChI is InChI=1S/C29H67BrS3Si4/c1-31-17-10-22-36(6,23-11-18-32-2)28-14-26-35(5,21-9-8-16-30)27-15-29-37(7,24-12-19-33-3)25-13-20-34-4/h8-29,34H2,1-7H3. The third kappa shape index (κ3) is 21.7. The highest BCUT2D eigenvalue weighted by molar-refractivity contribution is 9.09. The number of halogens is 1. The van der Waals surface area contributed by atoms with Gasteiger partial charge in [-0.15, -0.1) is 0 Å². The molecule has 0 aromatic rings. The molecule has 0 saturated carbocycles. The molecule has 0 spiro atoms. The molecule has 0 heterocycles. The minimum atomic E-state index is -1.12. The monoisotopic (exact) mass is 702 g/mol. The Bertz CT molecular complexity index is 458. The Labute approximate surface area is 262 Å². The maximum Gasteiger partial charge on any atom is 0.0505 e. The second kappa shape index (κ2) is 24.9. The molecule has 8 heteroatoms. The highest BCUT2D eigenvalue weighted by atomic mass is 79.9. The molecule has 0 aromatic carbocycles. The van der Waals surface area contributed by atoms with Crippen LogP contribution in [-0.4, -0.2) is 75.1 Å². The first kappa shape index (κ1) is 39.4. The van der Waals surface area contributed by atoms with Crippen LogP contribution < -0.4 is 0 Å². The summed E-state index contributed by atoms with van der Waals surface area (Å²) in [7, 11) is -2.96. The van der Waals surface area contributed by atoms with E-state index in [1.807, 2.05) is 0 Å². The van der Waals surface area contributed by atoms with Crippen LogP contribution in [0.2, 0.25) is 86.6 Å². The van der Waals surface area contributed by atoms with Crippen LogP contribution >= 0.6 is 51.2 Å². The zero-order valence-corrected chi connectivity index (χ0v) is 34.8. The van der Waals surface area contributed by atoms with E-state index in [0.29, 0.717) is 0 Å². The molecule has 0 saturated heterocycles. The molecule has 0 N–H and O–H groups in total. The first-order chi connectivity index (χ1) is 17.7. The van der Waals surface area contributed by atoms with Gasteiger partial charge in [0.2, 0.25) is 0 Å². The van der Waals surface area contributed by atoms with Crippen LogP contribution in [0.4, 0.5) is 0 Å². The van der Waals surface area contributed by atoms with E-state index in [1.54, 1.807) is 79.7 Å². The molecule has 0 aromatic heterocycles. The summed E-state index contributed by atoms with van der Waals surface area (Å²) in [4.78, 5) is 0. The van der Waals surface area contributed by atoms with Crippen LogP contribution in [0.3, 0.4) is 0 Å². The summed E-state index contributed by atoms with van der Waals surface area (Å²) in [5.74, 6) is 4.15. The summed E-state index contributed by atoms with van der Waals surface area (Å²) in [5.41, 5.74) is 0. The van der Waals surface area contributed by atoms with Crippen molar-refractivity contribution in [3.8, 4) is 0 Å². The van der Waals surface area contributed by atoms with Crippen LogP contribution in [0.1, 0.15) is 51.4 Å². The van der Waals surface area contributed by atoms with E-state index in [0.717, 1.165) is 0 Å². The van der Waals surface area contributed by atoms with Crippen molar-refractivity contribution < 1.29 is 0 Å². The van der Waals surface area contributed by atoms with Gasteiger partial charge in [-0.2, -0.15) is 35.3 Å². The Morgan fingerprint density at radius 3 is 1.14 bits per heavy atom. The highest BCUT2D eigenvalue weighted by Gasteiger charge is 2.32. The minimum Gasteiger partial charge on any atom is -0.165 e. The van der Waals surface area contributed by atoms with Crippen molar-refractivity contribution >= 4 is 85.0 Å². The molecule has 0 aliphatic heterocycles. The summed E-state index contributed by atoms with van der Waals surface area (Å²) >= 11 is 9.90. The van der Waals surface area contributed by atoms with Gasteiger partial charge in [-0.3, -0.25) is 0 Å². The van der Waals surface area contributed by atoms with E-state index in [4.69, 9.17) is 0 Å². The zero-order valence-electron chi connectivity index (χ0n) is 26.4. The molecule has 0 radical (unpaired) electrons. The molecule has 2 atom stereocenters. The first-order valence-corrected chi connectivity index (χ1v) is 32.8. The van der Waals surface area contributed by atoms with Gasteiger partial charge in [0.1, 0.15) is 0 Å². The number of thioether (sulfide) groups is 3. The van der Waals surface area contributed by atoms with Crippen molar-refractivity contribution in [2.75, 3.05) is 41.4 Å². The van der Waals surface area contributed by atoms with Gasteiger partial charge in [0.05, 0.1) is 24.2 Å². The Balaban J connectivity index is 5.07. The van der Waals surface area contributed by atoms with Crippen molar-refractivity contribution in [2.24, 2.45) is 0 Å². The lowest BCUT2D eigenvalue weighted by atomic mass is 10.4. The smallest absolute Gasteiger partial charge is 0.0505 e. The predicted molar refractivity (Wildman–Crippen MR) is 203 cm³/mol. The van der Waals surface area contributed by atoms with Gasteiger partial charge >= 0.3 is 0 Å². The Hall–Kier alpha value is 2.40. The maximum absolute atomic E-state index is 3.72. The lowest BCUT2D eigenvalue weighted by Gasteiger charge is -2.33. The highest BCUT2D eigenvalue weighted by Crippen LogP contribution is 2.35. The van der Waals surface area contributed by atoms with Crippen molar-refractivity contribution in [3.63, 3.8) is 0 Å². The van der Waals surface area contributed by atoms with Gasteiger partial charge < -0.3 is 0 Å². The van der Waals surface area contributed by atoms with Crippen molar-refractivity contribution in [1.82, 2.24) is 0 Å². The van der Waals surface area contributed by atoms with Crippen LogP contribution in [0.25, 0.3) is 0 Å². The quantitative estimate of drug-likeness (QED) is 0.0452. The topological polar surface area (TPSA) is 0 Å². The Morgan fingerprint density at radius 2 is 0.811 bits per heavy atom. The Morgan fingerprint density at radius 1 is 0.486 bits per heavy atom. The number of alkyl halides is 1. The van der Waals surface area contributed by atoms with Crippen LogP contribution in [0.5, 0.6) is 0 Å². The van der Waals surface area contributed by atoms with Crippen molar-refractivity contribution in [1.29, 1.82) is 0 Å². The van der Waals surface area contributed by atoms with Crippen molar-refractivity contribution in [3.05, 3.63) is 0 Å². The molecule has 0 nitrogen and oxygen atoms in total. The van der Waals surface area contributed by atoms with E-state index in [1.165, 1.54) is 54.7 Å². The molecule has 37 heavy (non-hydrogen) atoms. The third-order valence-electron chi connectivity index (χ3n) is 9.06. The fraction of sp³-hybridized carbons (Fsp3) is 1.00. The zero-order chi connectivity index (χ0) is 27.9. The van der Waals surface area contributed by atoms with E-state index < -0.39 is 24.2 Å². The second-order valence-electron chi connectivity index (χ2n) is 13.0. The van der Waals surface area contributed by atoms with Crippen molar-refractivity contribution in [2.45, 2.75) is 138 Å². The van der Waals surface area contributed by atoms with E-state index in [9.17, 15) is 0 Å². The van der Waals surface area contributed by atoms with Crippen LogP contribution in [0.15, 0.2) is 0 Å². The molecule has 0 fully saturated rings. The summed E-state index contributed by atoms with van der Waals surface area (Å²) in [6.45, 7) is 10.9. The van der Waals surface area contributed by atoms with Gasteiger partial charge in [0.15, 0.2) is 0 Å². The van der Waals surface area contributed by atoms with Crippen LogP contribution in [0, 0.1) is 0 Å². The second-order valence-corrected chi connectivity index (χ2v) is 33.9. The van der Waals surface area contributed by atoms with Gasteiger partial charge in [-0.25, -0.2) is 0 Å². The molecule has 0 rings (SSSR count). The molecule has 2 unspecified atom stereocenters. The lowest BCUT2D eigenvalue weighted by molar-refractivity contribution is 0.841. The maximum atomic E-state index is 3.72. The van der Waals surface area contributed by atoms with Crippen LogP contribution in [-0.2, 0) is 0 Å². The average molecular weight is 704 g/mol. The minimum absolute atomic E-state index is 0.254. The predicted octanol–water partition coefficient (Wildman–Crippen LogP) is 11.5. The summed E-state index contributed by atoms with van der Waals surface area (Å²) in [6.07, 6.45) is 18.9. The Kier molecular flexibility index (Phi) is 26.6. The molecule has 0 aliphatic carbocycles. The number of hydrogen-bond acceptors (Lipinski definition) is 3. The largest absolute Gasteiger partial charge is 0.165 e. The third-order valence-corrected chi connectivity index (χ3v) is 27.0.